The number of hydrogen-bond acceptors (Lipinski definition) is 5. The topological polar surface area (TPSA) is 100 Å². The molecule has 0 amide bonds. The summed E-state index contributed by atoms with van der Waals surface area (Å²) in [5, 5.41) is 0. The Kier molecular flexibility index (Phi) is 9.14. The largest absolute Gasteiger partial charge is 0.480 e. The molecule has 1 rings (SSSR count). The first-order chi connectivity index (χ1) is 12.5. The lowest BCUT2D eigenvalue weighted by molar-refractivity contribution is -0.737. The smallest absolute Gasteiger partial charge is 0.421 e. The molecule has 1 aromatic heterocycles. The van der Waals surface area contributed by atoms with Crippen LogP contribution in [-0.4, -0.2) is 39.0 Å². The van der Waals surface area contributed by atoms with Crippen LogP contribution in [0.5, 0.6) is 0 Å². The number of ether oxygens (including phenoxy) is 1. The fourth-order valence-electron chi connectivity index (χ4n) is 1.41. The third-order valence-electron chi connectivity index (χ3n) is 2.80. The summed E-state index contributed by atoms with van der Waals surface area (Å²) in [6.07, 6.45) is 5.95. The van der Waals surface area contributed by atoms with E-state index < -0.39 is 31.1 Å². The van der Waals surface area contributed by atoms with Gasteiger partial charge in [0.05, 0.1) is 0 Å². The van der Waals surface area contributed by atoms with Gasteiger partial charge in [-0.25, -0.2) is 26.0 Å². The van der Waals surface area contributed by atoms with Crippen LogP contribution in [0.3, 0.4) is 0 Å². The minimum absolute atomic E-state index is 0.631. The van der Waals surface area contributed by atoms with Gasteiger partial charge in [-0.15, -0.1) is 0 Å². The van der Waals surface area contributed by atoms with Crippen LogP contribution in [0, 0.1) is 6.92 Å². The van der Waals surface area contributed by atoms with Crippen LogP contribution in [0.15, 0.2) is 25.0 Å². The van der Waals surface area contributed by atoms with Gasteiger partial charge < -0.3 is 8.86 Å². The SMILES string of the molecule is C=CCn1cc[n+](COCC)c1C.O=S(=O)([N-]S(=O)(=O)C(F)(F)F)C(F)(F)F. The lowest BCUT2D eigenvalue weighted by Gasteiger charge is -2.22. The highest BCUT2D eigenvalue weighted by Crippen LogP contribution is 2.36. The van der Waals surface area contributed by atoms with Crippen LogP contribution < -0.4 is 4.57 Å². The molecular formula is C12H17F6N3O5S2. The Morgan fingerprint density at radius 2 is 1.61 bits per heavy atom. The summed E-state index contributed by atoms with van der Waals surface area (Å²) in [7, 11) is -13.4. The molecule has 0 aliphatic carbocycles. The number of aromatic nitrogens is 2. The first kappa shape index (κ1) is 26.3. The van der Waals surface area contributed by atoms with Gasteiger partial charge in [0.15, 0.2) is 26.8 Å². The van der Waals surface area contributed by atoms with Crippen LogP contribution in [0.25, 0.3) is 4.13 Å². The van der Waals surface area contributed by atoms with Gasteiger partial charge in [-0.05, 0) is 6.92 Å². The number of rotatable bonds is 7. The second-order valence-corrected chi connectivity index (χ2v) is 8.22. The maximum absolute atomic E-state index is 11.4. The van der Waals surface area contributed by atoms with E-state index in [2.05, 4.69) is 22.6 Å². The Labute approximate surface area is 157 Å². The average Bonchev–Trinajstić information content (AvgIpc) is 2.84. The molecule has 1 aromatic rings. The number of alkyl halides is 6. The van der Waals surface area contributed by atoms with Crippen molar-refractivity contribution in [2.75, 3.05) is 6.61 Å². The molecule has 1 heterocycles. The summed E-state index contributed by atoms with van der Waals surface area (Å²) in [6.45, 7) is 10.0. The third kappa shape index (κ3) is 7.40. The molecule has 16 heteroatoms. The minimum atomic E-state index is -6.72. The summed E-state index contributed by atoms with van der Waals surface area (Å²) >= 11 is 0. The van der Waals surface area contributed by atoms with E-state index in [1.807, 2.05) is 25.4 Å². The summed E-state index contributed by atoms with van der Waals surface area (Å²) < 4.78 is 119. The molecule has 0 unspecified atom stereocenters. The molecule has 28 heavy (non-hydrogen) atoms. The third-order valence-corrected chi connectivity index (χ3v) is 5.54. The summed E-state index contributed by atoms with van der Waals surface area (Å²) in [6, 6.07) is 0. The molecule has 0 bridgehead atoms. The lowest BCUT2D eigenvalue weighted by Crippen LogP contribution is -2.36. The molecule has 0 saturated carbocycles. The molecule has 164 valence electrons. The zero-order valence-electron chi connectivity index (χ0n) is 14.5. The summed E-state index contributed by atoms with van der Waals surface area (Å²) in [5.74, 6) is 1.19. The van der Waals surface area contributed by atoms with E-state index in [1.165, 1.54) is 5.82 Å². The first-order valence-electron chi connectivity index (χ1n) is 7.10. The minimum Gasteiger partial charge on any atom is -0.421 e. The highest BCUT2D eigenvalue weighted by atomic mass is 32.3. The zero-order chi connectivity index (χ0) is 22.4. The van der Waals surface area contributed by atoms with E-state index >= 15 is 0 Å². The fraction of sp³-hybridized carbons (Fsp3) is 0.583. The van der Waals surface area contributed by atoms with Crippen LogP contribution in [0.1, 0.15) is 12.7 Å². The van der Waals surface area contributed by atoms with Gasteiger partial charge in [-0.2, -0.15) is 26.3 Å². The Bertz CT molecular complexity index is 817. The van der Waals surface area contributed by atoms with E-state index in [-0.39, 0.29) is 0 Å². The summed E-state index contributed by atoms with van der Waals surface area (Å²) in [5.41, 5.74) is -12.4. The van der Waals surface area contributed by atoms with Gasteiger partial charge in [-0.1, -0.05) is 12.7 Å². The maximum Gasteiger partial charge on any atom is 0.480 e. The number of imidazole rings is 1. The number of allylic oxidation sites excluding steroid dienone is 1. The van der Waals surface area contributed by atoms with Crippen LogP contribution in [-0.2, 0) is 38.1 Å². The van der Waals surface area contributed by atoms with Crippen molar-refractivity contribution in [1.82, 2.24) is 4.57 Å². The summed E-state index contributed by atoms with van der Waals surface area (Å²) in [4.78, 5) is 0. The molecule has 0 saturated heterocycles. The van der Waals surface area contributed by atoms with Gasteiger partial charge >= 0.3 is 11.0 Å². The van der Waals surface area contributed by atoms with Crippen molar-refractivity contribution in [3.05, 3.63) is 35.0 Å². The van der Waals surface area contributed by atoms with Crippen LogP contribution in [0.2, 0.25) is 0 Å². The van der Waals surface area contributed by atoms with Crippen molar-refractivity contribution in [3.8, 4) is 0 Å². The van der Waals surface area contributed by atoms with Gasteiger partial charge in [0, 0.05) is 13.5 Å². The van der Waals surface area contributed by atoms with Crippen LogP contribution in [0.4, 0.5) is 26.3 Å². The fourth-order valence-corrected chi connectivity index (χ4v) is 3.12. The van der Waals surface area contributed by atoms with Crippen molar-refractivity contribution in [1.29, 1.82) is 0 Å². The maximum atomic E-state index is 11.4. The van der Waals surface area contributed by atoms with E-state index in [1.54, 1.807) is 0 Å². The van der Waals surface area contributed by atoms with Gasteiger partial charge in [0.1, 0.15) is 18.9 Å². The molecule has 0 aromatic carbocycles. The molecule has 8 nitrogen and oxygen atoms in total. The number of sulfonamides is 2. The number of hydrogen-bond donors (Lipinski definition) is 0. The molecule has 0 radical (unpaired) electrons. The van der Waals surface area contributed by atoms with Crippen LogP contribution >= 0.6 is 0 Å². The highest BCUT2D eigenvalue weighted by molar-refractivity contribution is 8.13. The molecule has 0 aliphatic heterocycles. The van der Waals surface area contributed by atoms with Gasteiger partial charge in [-0.3, -0.25) is 0 Å². The van der Waals surface area contributed by atoms with Crippen molar-refractivity contribution in [2.24, 2.45) is 0 Å². The van der Waals surface area contributed by atoms with Gasteiger partial charge in [0.2, 0.25) is 0 Å². The van der Waals surface area contributed by atoms with E-state index in [9.17, 15) is 43.2 Å². The van der Waals surface area contributed by atoms with Crippen molar-refractivity contribution < 1.29 is 52.5 Å². The molecule has 0 fully saturated rings. The number of nitrogens with zero attached hydrogens (tertiary/aromatic N) is 3. The quantitative estimate of drug-likeness (QED) is 0.353. The van der Waals surface area contributed by atoms with Crippen molar-refractivity contribution in [3.63, 3.8) is 0 Å². The Morgan fingerprint density at radius 3 is 1.96 bits per heavy atom. The number of halogens is 6. The van der Waals surface area contributed by atoms with E-state index in [4.69, 9.17) is 4.74 Å². The molecule has 0 atom stereocenters. The zero-order valence-corrected chi connectivity index (χ0v) is 16.2. The predicted molar refractivity (Wildman–Crippen MR) is 84.5 cm³/mol. The van der Waals surface area contributed by atoms with Gasteiger partial charge in [0.25, 0.3) is 5.82 Å². The molecule has 0 N–H and O–H groups in total. The predicted octanol–water partition coefficient (Wildman–Crippen LogP) is 2.32. The highest BCUT2D eigenvalue weighted by Gasteiger charge is 2.46. The Balaban J connectivity index is 0.000000525. The molecule has 0 aliphatic rings. The second-order valence-electron chi connectivity index (χ2n) is 4.79. The monoisotopic (exact) mass is 461 g/mol. The van der Waals surface area contributed by atoms with Crippen molar-refractivity contribution >= 4 is 20.0 Å². The van der Waals surface area contributed by atoms with E-state index in [0.29, 0.717) is 6.73 Å². The molecule has 0 spiro atoms. The molecular weight excluding hydrogens is 444 g/mol. The average molecular weight is 461 g/mol. The standard InChI is InChI=1S/C10H17N2O.C2F6NO4S2/c1-4-6-11-7-8-12(10(11)3)9-13-5-2;3-1(4,5)14(10,11)9-15(12,13)2(6,7)8/h4,7-8H,1,5-6,9H2,2-3H3;/q+1;-1. The lowest BCUT2D eigenvalue weighted by atomic mass is 10.5. The van der Waals surface area contributed by atoms with E-state index in [0.717, 1.165) is 17.3 Å². The Hall–Kier alpha value is -1.65. The first-order valence-corrected chi connectivity index (χ1v) is 9.98. The second kappa shape index (κ2) is 9.71. The Morgan fingerprint density at radius 1 is 1.14 bits per heavy atom. The normalized spacial score (nSPS) is 13.0. The van der Waals surface area contributed by atoms with Crippen molar-refractivity contribution in [2.45, 2.75) is 38.1 Å².